The molecule has 1 aliphatic heterocycles. The molecular formula is C24H23F6N3O2. The van der Waals surface area contributed by atoms with Crippen molar-refractivity contribution in [1.82, 2.24) is 10.2 Å². The number of halogens is 6. The molecule has 188 valence electrons. The van der Waals surface area contributed by atoms with E-state index in [1.54, 1.807) is 0 Å². The first-order chi connectivity index (χ1) is 16.6. The van der Waals surface area contributed by atoms with Gasteiger partial charge in [0.1, 0.15) is 6.10 Å². The average molecular weight is 499 g/mol. The smallest absolute Gasteiger partial charge is 0.435 e. The van der Waals surface area contributed by atoms with Gasteiger partial charge in [-0.05, 0) is 67.3 Å². The maximum Gasteiger partial charge on any atom is 0.435 e. The van der Waals surface area contributed by atoms with Crippen LogP contribution in [0.3, 0.4) is 0 Å². The Kier molecular flexibility index (Phi) is 5.12. The quantitative estimate of drug-likeness (QED) is 0.495. The predicted molar refractivity (Wildman–Crippen MR) is 112 cm³/mol. The Morgan fingerprint density at radius 2 is 1.54 bits per heavy atom. The van der Waals surface area contributed by atoms with Crippen molar-refractivity contribution in [3.05, 3.63) is 41.6 Å². The summed E-state index contributed by atoms with van der Waals surface area (Å²) >= 11 is 0. The molecule has 3 aliphatic carbocycles. The van der Waals surface area contributed by atoms with E-state index in [1.807, 2.05) is 4.90 Å². The number of hydrogen-bond acceptors (Lipinski definition) is 5. The second-order valence-electron chi connectivity index (χ2n) is 10.1. The Bertz CT molecular complexity index is 1080. The molecule has 2 heterocycles. The van der Waals surface area contributed by atoms with Crippen molar-refractivity contribution in [3.8, 4) is 11.5 Å². The summed E-state index contributed by atoms with van der Waals surface area (Å²) in [5.74, 6) is 2.23. The zero-order chi connectivity index (χ0) is 24.5. The van der Waals surface area contributed by atoms with Crippen LogP contribution in [-0.4, -0.2) is 36.0 Å². The molecule has 2 aromatic rings. The van der Waals surface area contributed by atoms with E-state index in [1.165, 1.54) is 12.1 Å². The summed E-state index contributed by atoms with van der Waals surface area (Å²) in [6.07, 6.45) is -6.14. The molecule has 4 aliphatic rings. The van der Waals surface area contributed by atoms with Gasteiger partial charge in [0.2, 0.25) is 0 Å². The molecule has 5 nitrogen and oxygen atoms in total. The standard InChI is InChI=1S/C24H23F6N3O2/c25-23(26,27)13-3-4-18(19(7-13)34-11-12-1-2-12)35-22-16-9-33(10-17(22)15-8-14(15)16)21-6-5-20(31-32-21)24(28,29)30/h3-7,12,14-17,22H,1-2,8-11H2/t14-,15+,16+,17?,22?/m0/s1. The number of nitrogens with zero attached hydrogens (tertiary/aromatic N) is 3. The first-order valence-corrected chi connectivity index (χ1v) is 11.7. The number of piperidine rings is 1. The minimum absolute atomic E-state index is 0.0985. The maximum atomic E-state index is 13.3. The van der Waals surface area contributed by atoms with Crippen LogP contribution in [0.1, 0.15) is 30.5 Å². The lowest BCUT2D eigenvalue weighted by molar-refractivity contribution is -0.141. The van der Waals surface area contributed by atoms with Gasteiger partial charge in [-0.15, -0.1) is 10.2 Å². The van der Waals surface area contributed by atoms with Crippen molar-refractivity contribution in [2.24, 2.45) is 29.6 Å². The van der Waals surface area contributed by atoms with Gasteiger partial charge in [0, 0.05) is 24.9 Å². The average Bonchev–Trinajstić information content (AvgIpc) is 3.71. The van der Waals surface area contributed by atoms with Crippen LogP contribution in [0.25, 0.3) is 0 Å². The molecule has 1 aromatic heterocycles. The van der Waals surface area contributed by atoms with Gasteiger partial charge in [-0.1, -0.05) is 0 Å². The number of anilines is 1. The molecule has 3 saturated carbocycles. The highest BCUT2D eigenvalue weighted by Crippen LogP contribution is 2.62. The molecule has 0 radical (unpaired) electrons. The third-order valence-electron chi connectivity index (χ3n) is 7.67. The lowest BCUT2D eigenvalue weighted by Crippen LogP contribution is -2.50. The van der Waals surface area contributed by atoms with Crippen molar-refractivity contribution in [3.63, 3.8) is 0 Å². The first-order valence-electron chi connectivity index (χ1n) is 11.7. The normalized spacial score (nSPS) is 29.7. The summed E-state index contributed by atoms with van der Waals surface area (Å²) in [6.45, 7) is 1.45. The van der Waals surface area contributed by atoms with Crippen molar-refractivity contribution in [2.75, 3.05) is 24.6 Å². The molecule has 5 atom stereocenters. The highest BCUT2D eigenvalue weighted by molar-refractivity contribution is 5.45. The Morgan fingerprint density at radius 3 is 2.11 bits per heavy atom. The van der Waals surface area contributed by atoms with Gasteiger partial charge in [-0.2, -0.15) is 26.3 Å². The van der Waals surface area contributed by atoms with Crippen molar-refractivity contribution >= 4 is 5.82 Å². The van der Waals surface area contributed by atoms with Gasteiger partial charge in [0.15, 0.2) is 23.0 Å². The van der Waals surface area contributed by atoms with E-state index in [0.29, 0.717) is 49.0 Å². The third kappa shape index (κ3) is 4.38. The summed E-state index contributed by atoms with van der Waals surface area (Å²) in [5.41, 5.74) is -1.82. The zero-order valence-corrected chi connectivity index (χ0v) is 18.5. The van der Waals surface area contributed by atoms with Crippen molar-refractivity contribution < 1.29 is 35.8 Å². The van der Waals surface area contributed by atoms with Gasteiger partial charge < -0.3 is 14.4 Å². The van der Waals surface area contributed by atoms with E-state index < -0.39 is 23.6 Å². The van der Waals surface area contributed by atoms with Crippen LogP contribution in [0.5, 0.6) is 11.5 Å². The molecule has 1 saturated heterocycles. The molecule has 35 heavy (non-hydrogen) atoms. The highest BCUT2D eigenvalue weighted by Gasteiger charge is 2.63. The van der Waals surface area contributed by atoms with E-state index in [0.717, 1.165) is 37.5 Å². The zero-order valence-electron chi connectivity index (χ0n) is 18.5. The monoisotopic (exact) mass is 499 g/mol. The highest BCUT2D eigenvalue weighted by atomic mass is 19.4. The van der Waals surface area contributed by atoms with E-state index in [-0.39, 0.29) is 23.7 Å². The fourth-order valence-electron chi connectivity index (χ4n) is 5.63. The number of alkyl halides is 6. The largest absolute Gasteiger partial charge is 0.489 e. The molecule has 0 N–H and O–H groups in total. The molecule has 2 unspecified atom stereocenters. The van der Waals surface area contributed by atoms with Gasteiger partial charge in [-0.3, -0.25) is 0 Å². The molecular weight excluding hydrogens is 476 g/mol. The SMILES string of the molecule is FC(F)(F)c1ccc(OC2C3CN(c4ccc(C(F)(F)F)nn4)C[C@@H]2[C@H]2C[C@@H]32)c(OCC2CC2)c1. The number of hydrogen-bond donors (Lipinski definition) is 0. The van der Waals surface area contributed by atoms with Gasteiger partial charge >= 0.3 is 12.4 Å². The molecule has 6 rings (SSSR count). The summed E-state index contributed by atoms with van der Waals surface area (Å²) in [6, 6.07) is 5.62. The number of benzene rings is 1. The van der Waals surface area contributed by atoms with Gasteiger partial charge in [0.05, 0.1) is 12.2 Å². The van der Waals surface area contributed by atoms with Crippen LogP contribution in [0.4, 0.5) is 32.2 Å². The molecule has 0 amide bonds. The number of aromatic nitrogens is 2. The predicted octanol–water partition coefficient (Wildman–Crippen LogP) is 5.45. The Labute approximate surface area is 197 Å². The Hall–Kier alpha value is -2.72. The van der Waals surface area contributed by atoms with Crippen LogP contribution in [-0.2, 0) is 12.4 Å². The molecule has 11 heteroatoms. The van der Waals surface area contributed by atoms with E-state index >= 15 is 0 Å². The second-order valence-corrected chi connectivity index (χ2v) is 10.1. The minimum atomic E-state index is -4.55. The summed E-state index contributed by atoms with van der Waals surface area (Å²) in [7, 11) is 0. The fourth-order valence-corrected chi connectivity index (χ4v) is 5.63. The van der Waals surface area contributed by atoms with E-state index in [2.05, 4.69) is 10.2 Å². The third-order valence-corrected chi connectivity index (χ3v) is 7.67. The Morgan fingerprint density at radius 1 is 0.829 bits per heavy atom. The minimum Gasteiger partial charge on any atom is -0.489 e. The van der Waals surface area contributed by atoms with Crippen LogP contribution >= 0.6 is 0 Å². The van der Waals surface area contributed by atoms with Gasteiger partial charge in [0.25, 0.3) is 0 Å². The molecule has 0 spiro atoms. The lowest BCUT2D eigenvalue weighted by Gasteiger charge is -2.40. The van der Waals surface area contributed by atoms with E-state index in [4.69, 9.17) is 9.47 Å². The maximum absolute atomic E-state index is 13.3. The topological polar surface area (TPSA) is 47.5 Å². The molecule has 2 bridgehead atoms. The van der Waals surface area contributed by atoms with E-state index in [9.17, 15) is 26.3 Å². The number of rotatable bonds is 6. The summed E-state index contributed by atoms with van der Waals surface area (Å²) in [4.78, 5) is 1.94. The van der Waals surface area contributed by atoms with Crippen LogP contribution in [0, 0.1) is 29.6 Å². The first kappa shape index (κ1) is 22.7. The van der Waals surface area contributed by atoms with Crippen LogP contribution < -0.4 is 14.4 Å². The lowest BCUT2D eigenvalue weighted by atomic mass is 9.88. The summed E-state index contributed by atoms with van der Waals surface area (Å²) in [5, 5.41) is 7.13. The number of ether oxygens (including phenoxy) is 2. The van der Waals surface area contributed by atoms with Crippen LogP contribution in [0.2, 0.25) is 0 Å². The van der Waals surface area contributed by atoms with Gasteiger partial charge in [-0.25, -0.2) is 0 Å². The van der Waals surface area contributed by atoms with Crippen molar-refractivity contribution in [2.45, 2.75) is 37.7 Å². The van der Waals surface area contributed by atoms with Crippen molar-refractivity contribution in [1.29, 1.82) is 0 Å². The molecule has 4 fully saturated rings. The molecule has 1 aromatic carbocycles. The fraction of sp³-hybridized carbons (Fsp3) is 0.583. The second kappa shape index (κ2) is 7.89. The number of fused-ring (bicyclic) bond motifs is 5. The Balaban J connectivity index is 1.20. The summed E-state index contributed by atoms with van der Waals surface area (Å²) < 4.78 is 90.4. The van der Waals surface area contributed by atoms with Crippen LogP contribution in [0.15, 0.2) is 30.3 Å².